The van der Waals surface area contributed by atoms with Gasteiger partial charge in [0.15, 0.2) is 0 Å². The molecule has 0 aliphatic rings. The van der Waals surface area contributed by atoms with Gasteiger partial charge in [-0.2, -0.15) is 0 Å². The van der Waals surface area contributed by atoms with Gasteiger partial charge in [-0.25, -0.2) is 0 Å². The first kappa shape index (κ1) is 16.5. The van der Waals surface area contributed by atoms with Crippen LogP contribution in [0.5, 0.6) is 0 Å². The Morgan fingerprint density at radius 3 is 2.80 bits per heavy atom. The number of carbonyl (C=O) groups excluding carboxylic acids is 1. The second-order valence-electron chi connectivity index (χ2n) is 5.59. The van der Waals surface area contributed by atoms with Gasteiger partial charge in [0.2, 0.25) is 5.91 Å². The summed E-state index contributed by atoms with van der Waals surface area (Å²) < 4.78 is 0. The van der Waals surface area contributed by atoms with Gasteiger partial charge in [-0.3, -0.25) is 4.79 Å². The zero-order valence-electron chi connectivity index (χ0n) is 13.1. The molecule has 4 nitrogen and oxygen atoms in total. The first-order valence-corrected chi connectivity index (χ1v) is 7.27. The fourth-order valence-corrected chi connectivity index (χ4v) is 2.05. The van der Waals surface area contributed by atoms with Crippen molar-refractivity contribution in [1.29, 1.82) is 0 Å². The molecule has 1 unspecified atom stereocenters. The number of benzene rings is 1. The fourth-order valence-electron chi connectivity index (χ4n) is 2.05. The van der Waals surface area contributed by atoms with Crippen LogP contribution < -0.4 is 11.1 Å². The summed E-state index contributed by atoms with van der Waals surface area (Å²) in [5, 5.41) is 2.93. The third kappa shape index (κ3) is 5.21. The number of nitrogens with two attached hydrogens (primary N) is 1. The molecule has 0 saturated carbocycles. The third-order valence-electron chi connectivity index (χ3n) is 3.69. The highest BCUT2D eigenvalue weighted by Crippen LogP contribution is 2.20. The van der Waals surface area contributed by atoms with Gasteiger partial charge in [0, 0.05) is 30.9 Å². The number of anilines is 2. The van der Waals surface area contributed by atoms with E-state index in [9.17, 15) is 4.79 Å². The number of rotatable bonds is 7. The minimum absolute atomic E-state index is 0.0368. The summed E-state index contributed by atoms with van der Waals surface area (Å²) in [6, 6.07) is 5.57. The Hall–Kier alpha value is -1.55. The number of carbonyl (C=O) groups is 1. The maximum atomic E-state index is 12.0. The molecule has 0 spiro atoms. The number of hydrogen-bond acceptors (Lipinski definition) is 3. The van der Waals surface area contributed by atoms with E-state index >= 15 is 0 Å². The highest BCUT2D eigenvalue weighted by Gasteiger charge is 2.09. The molecule has 0 heterocycles. The van der Waals surface area contributed by atoms with Crippen LogP contribution in [-0.2, 0) is 4.79 Å². The minimum Gasteiger partial charge on any atom is -0.398 e. The van der Waals surface area contributed by atoms with E-state index in [-0.39, 0.29) is 5.91 Å². The maximum Gasteiger partial charge on any atom is 0.225 e. The van der Waals surface area contributed by atoms with Gasteiger partial charge in [0.05, 0.1) is 0 Å². The zero-order chi connectivity index (χ0) is 15.1. The van der Waals surface area contributed by atoms with Crippen molar-refractivity contribution >= 4 is 17.3 Å². The van der Waals surface area contributed by atoms with Gasteiger partial charge >= 0.3 is 0 Å². The Balaban J connectivity index is 2.42. The van der Waals surface area contributed by atoms with Crippen LogP contribution in [0, 0.1) is 12.8 Å². The van der Waals surface area contributed by atoms with Crippen molar-refractivity contribution in [3.63, 3.8) is 0 Å². The molecule has 1 rings (SSSR count). The van der Waals surface area contributed by atoms with Crippen LogP contribution in [0.1, 0.15) is 32.3 Å². The predicted octanol–water partition coefficient (Wildman–Crippen LogP) is 2.88. The Kier molecular flexibility index (Phi) is 6.52. The van der Waals surface area contributed by atoms with Gasteiger partial charge in [-0.1, -0.05) is 26.3 Å². The van der Waals surface area contributed by atoms with E-state index in [1.807, 2.05) is 25.1 Å². The molecule has 1 aromatic rings. The van der Waals surface area contributed by atoms with Gasteiger partial charge in [0.1, 0.15) is 0 Å². The van der Waals surface area contributed by atoms with E-state index in [4.69, 9.17) is 5.73 Å². The van der Waals surface area contributed by atoms with E-state index in [2.05, 4.69) is 31.1 Å². The lowest BCUT2D eigenvalue weighted by molar-refractivity contribution is -0.116. The molecule has 20 heavy (non-hydrogen) atoms. The molecule has 0 aliphatic heterocycles. The molecule has 0 radical (unpaired) electrons. The lowest BCUT2D eigenvalue weighted by Crippen LogP contribution is -2.28. The average Bonchev–Trinajstić information content (AvgIpc) is 2.41. The molecule has 0 fully saturated rings. The number of nitrogens with zero attached hydrogens (tertiary/aromatic N) is 1. The van der Waals surface area contributed by atoms with Crippen LogP contribution in [-0.4, -0.2) is 30.9 Å². The van der Waals surface area contributed by atoms with E-state index in [0.717, 1.165) is 24.3 Å². The molecule has 3 N–H and O–H groups in total. The summed E-state index contributed by atoms with van der Waals surface area (Å²) in [7, 11) is 2.06. The predicted molar refractivity (Wildman–Crippen MR) is 85.8 cm³/mol. The second-order valence-corrected chi connectivity index (χ2v) is 5.59. The highest BCUT2D eigenvalue weighted by molar-refractivity contribution is 5.92. The largest absolute Gasteiger partial charge is 0.398 e. The summed E-state index contributed by atoms with van der Waals surface area (Å²) >= 11 is 0. The van der Waals surface area contributed by atoms with Gasteiger partial charge in [0.25, 0.3) is 0 Å². The van der Waals surface area contributed by atoms with Crippen molar-refractivity contribution in [2.24, 2.45) is 5.92 Å². The Morgan fingerprint density at radius 1 is 1.45 bits per heavy atom. The zero-order valence-corrected chi connectivity index (χ0v) is 13.1. The number of nitrogen functional groups attached to an aromatic ring is 1. The quantitative estimate of drug-likeness (QED) is 0.753. The van der Waals surface area contributed by atoms with Crippen molar-refractivity contribution in [2.45, 2.75) is 33.6 Å². The van der Waals surface area contributed by atoms with Crippen LogP contribution in [0.2, 0.25) is 0 Å². The lowest BCUT2D eigenvalue weighted by Gasteiger charge is -2.20. The Morgan fingerprint density at radius 2 is 2.15 bits per heavy atom. The Bertz CT molecular complexity index is 445. The summed E-state index contributed by atoms with van der Waals surface area (Å²) in [6.45, 7) is 8.14. The number of hydrogen-bond donors (Lipinski definition) is 2. The normalized spacial score (nSPS) is 12.4. The molecule has 0 saturated heterocycles. The molecule has 0 aliphatic carbocycles. The molecule has 0 bridgehead atoms. The second kappa shape index (κ2) is 7.90. The van der Waals surface area contributed by atoms with Crippen molar-refractivity contribution in [3.05, 3.63) is 23.8 Å². The summed E-state index contributed by atoms with van der Waals surface area (Å²) in [6.07, 6.45) is 1.67. The number of amides is 1. The first-order chi connectivity index (χ1) is 9.43. The first-order valence-electron chi connectivity index (χ1n) is 7.27. The molecule has 1 amide bonds. The molecule has 1 atom stereocenters. The van der Waals surface area contributed by atoms with Crippen LogP contribution in [0.3, 0.4) is 0 Å². The minimum atomic E-state index is 0.0368. The molecule has 112 valence electrons. The number of nitrogens with one attached hydrogen (secondary N) is 1. The van der Waals surface area contributed by atoms with Crippen LogP contribution in [0.4, 0.5) is 11.4 Å². The molecule has 1 aromatic carbocycles. The molecule has 0 aromatic heterocycles. The van der Waals surface area contributed by atoms with Crippen LogP contribution in [0.15, 0.2) is 18.2 Å². The maximum absolute atomic E-state index is 12.0. The fraction of sp³-hybridized carbons (Fsp3) is 0.562. The molecular weight excluding hydrogens is 250 g/mol. The summed E-state index contributed by atoms with van der Waals surface area (Å²) in [4.78, 5) is 14.2. The summed E-state index contributed by atoms with van der Waals surface area (Å²) in [5.74, 6) is 0.703. The van der Waals surface area contributed by atoms with Crippen molar-refractivity contribution in [3.8, 4) is 0 Å². The Labute approximate surface area is 122 Å². The smallest absolute Gasteiger partial charge is 0.225 e. The SMILES string of the molecule is CCC(C)CN(C)CCC(=O)Nc1cccc(N)c1C. The lowest BCUT2D eigenvalue weighted by atomic mass is 10.1. The topological polar surface area (TPSA) is 58.4 Å². The van der Waals surface area contributed by atoms with Crippen molar-refractivity contribution in [2.75, 3.05) is 31.2 Å². The third-order valence-corrected chi connectivity index (χ3v) is 3.69. The molecule has 4 heteroatoms. The highest BCUT2D eigenvalue weighted by atomic mass is 16.1. The standard InChI is InChI=1S/C16H27N3O/c1-5-12(2)11-19(4)10-9-16(20)18-15-8-6-7-14(17)13(15)3/h6-8,12H,5,9-11,17H2,1-4H3,(H,18,20). The van der Waals surface area contributed by atoms with E-state index < -0.39 is 0 Å². The van der Waals surface area contributed by atoms with Crippen molar-refractivity contribution in [1.82, 2.24) is 4.90 Å². The van der Waals surface area contributed by atoms with E-state index in [0.29, 0.717) is 18.0 Å². The summed E-state index contributed by atoms with van der Waals surface area (Å²) in [5.41, 5.74) is 8.26. The molecular formula is C16H27N3O. The van der Waals surface area contributed by atoms with Crippen LogP contribution in [0.25, 0.3) is 0 Å². The van der Waals surface area contributed by atoms with Crippen LogP contribution >= 0.6 is 0 Å². The van der Waals surface area contributed by atoms with Crippen molar-refractivity contribution < 1.29 is 4.79 Å². The van der Waals surface area contributed by atoms with Gasteiger partial charge in [-0.05, 0) is 37.6 Å². The van der Waals surface area contributed by atoms with Gasteiger partial charge < -0.3 is 16.0 Å². The monoisotopic (exact) mass is 277 g/mol. The van der Waals surface area contributed by atoms with E-state index in [1.165, 1.54) is 6.42 Å². The van der Waals surface area contributed by atoms with E-state index in [1.54, 1.807) is 0 Å². The average molecular weight is 277 g/mol. The van der Waals surface area contributed by atoms with Gasteiger partial charge in [-0.15, -0.1) is 0 Å².